The van der Waals surface area contributed by atoms with Crippen LogP contribution in [0.15, 0.2) is 0 Å². The van der Waals surface area contributed by atoms with E-state index < -0.39 is 24.1 Å². The highest BCUT2D eigenvalue weighted by molar-refractivity contribution is 5.90. The molecule has 0 N–H and O–H groups in total. The first-order valence-electron chi connectivity index (χ1n) is 10.5. The molecule has 7 nitrogen and oxygen atoms in total. The minimum Gasteiger partial charge on any atom is -0.458 e. The van der Waals surface area contributed by atoms with Crippen molar-refractivity contribution >= 4 is 23.7 Å². The summed E-state index contributed by atoms with van der Waals surface area (Å²) >= 11 is 0. The van der Waals surface area contributed by atoms with E-state index in [0.29, 0.717) is 24.5 Å². The van der Waals surface area contributed by atoms with Crippen LogP contribution in [0.3, 0.4) is 0 Å². The van der Waals surface area contributed by atoms with Crippen LogP contribution in [0.2, 0.25) is 0 Å². The molecular formula is C21H24O7. The minimum atomic E-state index is -0.592. The van der Waals surface area contributed by atoms with Crippen LogP contribution in [-0.2, 0) is 33.4 Å². The van der Waals surface area contributed by atoms with E-state index in [-0.39, 0.29) is 47.6 Å². The summed E-state index contributed by atoms with van der Waals surface area (Å²) in [6.07, 6.45) is 4.56. The Kier molecular flexibility index (Phi) is 3.38. The van der Waals surface area contributed by atoms with Gasteiger partial charge in [-0.1, -0.05) is 0 Å². The smallest absolute Gasteiger partial charge is 0.344 e. The largest absolute Gasteiger partial charge is 0.458 e. The van der Waals surface area contributed by atoms with E-state index in [1.807, 2.05) is 0 Å². The van der Waals surface area contributed by atoms with Gasteiger partial charge in [0.1, 0.15) is 18.0 Å². The molecule has 0 spiro atoms. The molecule has 1 heterocycles. The molecule has 0 amide bonds. The first-order valence-corrected chi connectivity index (χ1v) is 10.5. The van der Waals surface area contributed by atoms with Gasteiger partial charge in [0, 0.05) is 23.7 Å². The molecule has 7 atom stereocenters. The van der Waals surface area contributed by atoms with Gasteiger partial charge in [-0.3, -0.25) is 14.4 Å². The van der Waals surface area contributed by atoms with E-state index in [1.54, 1.807) is 0 Å². The number of hydrogen-bond acceptors (Lipinski definition) is 7. The van der Waals surface area contributed by atoms with E-state index in [9.17, 15) is 19.2 Å². The van der Waals surface area contributed by atoms with Gasteiger partial charge in [0.05, 0.1) is 11.3 Å². The highest BCUT2D eigenvalue weighted by Crippen LogP contribution is 2.59. The van der Waals surface area contributed by atoms with E-state index in [2.05, 4.69) is 0 Å². The van der Waals surface area contributed by atoms with Crippen LogP contribution in [0.5, 0.6) is 0 Å². The lowest BCUT2D eigenvalue weighted by atomic mass is 9.49. The maximum Gasteiger partial charge on any atom is 0.344 e. The summed E-state index contributed by atoms with van der Waals surface area (Å²) in [6.45, 7) is -0.410. The topological polar surface area (TPSA) is 96.0 Å². The van der Waals surface area contributed by atoms with E-state index >= 15 is 0 Å². The quantitative estimate of drug-likeness (QED) is 0.531. The second-order valence-electron chi connectivity index (χ2n) is 9.96. The molecule has 7 aliphatic rings. The van der Waals surface area contributed by atoms with Crippen LogP contribution in [0.4, 0.5) is 0 Å². The number of ketones is 1. The molecule has 7 rings (SSSR count). The van der Waals surface area contributed by atoms with Crippen molar-refractivity contribution in [2.75, 3.05) is 6.61 Å². The van der Waals surface area contributed by atoms with Crippen LogP contribution in [0.1, 0.15) is 44.9 Å². The first-order chi connectivity index (χ1) is 13.4. The van der Waals surface area contributed by atoms with Crippen LogP contribution in [0.25, 0.3) is 0 Å². The van der Waals surface area contributed by atoms with Crippen LogP contribution < -0.4 is 0 Å². The molecular weight excluding hydrogens is 364 g/mol. The van der Waals surface area contributed by atoms with E-state index in [1.165, 1.54) is 0 Å². The Morgan fingerprint density at radius 1 is 1.04 bits per heavy atom. The van der Waals surface area contributed by atoms with Crippen molar-refractivity contribution in [1.29, 1.82) is 0 Å². The molecule has 7 unspecified atom stereocenters. The van der Waals surface area contributed by atoms with Crippen LogP contribution in [0, 0.1) is 40.9 Å². The number of carbonyl (C=O) groups excluding carboxylic acids is 4. The summed E-state index contributed by atoms with van der Waals surface area (Å²) in [6, 6.07) is 0. The number of rotatable bonds is 4. The van der Waals surface area contributed by atoms with Crippen molar-refractivity contribution in [1.82, 2.24) is 0 Å². The van der Waals surface area contributed by atoms with Gasteiger partial charge >= 0.3 is 17.9 Å². The van der Waals surface area contributed by atoms with Gasteiger partial charge in [-0.15, -0.1) is 0 Å². The molecule has 6 saturated carbocycles. The van der Waals surface area contributed by atoms with Crippen LogP contribution in [-0.4, -0.2) is 42.5 Å². The summed E-state index contributed by atoms with van der Waals surface area (Å²) in [7, 11) is 0. The number of hydrogen-bond donors (Lipinski definition) is 0. The summed E-state index contributed by atoms with van der Waals surface area (Å²) in [4.78, 5) is 49.2. The third-order valence-electron chi connectivity index (χ3n) is 8.43. The molecule has 0 radical (unpaired) electrons. The highest BCUT2D eigenvalue weighted by Gasteiger charge is 2.63. The molecule has 1 aliphatic heterocycles. The number of esters is 3. The average molecular weight is 388 g/mol. The monoisotopic (exact) mass is 388 g/mol. The summed E-state index contributed by atoms with van der Waals surface area (Å²) in [5.41, 5.74) is -0.592. The number of Topliss-reactive ketones (excluding diaryl/α,β-unsaturated/α-hetero) is 1. The summed E-state index contributed by atoms with van der Waals surface area (Å²) < 4.78 is 16.3. The molecule has 0 aromatic rings. The Labute approximate surface area is 162 Å². The fourth-order valence-electron chi connectivity index (χ4n) is 7.52. The number of ether oxygens (including phenoxy) is 3. The zero-order valence-electron chi connectivity index (χ0n) is 15.6. The lowest BCUT2D eigenvalue weighted by molar-refractivity contribution is -0.182. The van der Waals surface area contributed by atoms with E-state index in [4.69, 9.17) is 14.2 Å². The fourth-order valence-corrected chi connectivity index (χ4v) is 7.52. The first kappa shape index (κ1) is 17.0. The highest BCUT2D eigenvalue weighted by atomic mass is 16.6. The van der Waals surface area contributed by atoms with Crippen molar-refractivity contribution in [3.8, 4) is 0 Å². The molecule has 1 saturated heterocycles. The SMILES string of the molecule is O=C(COC(=O)C12CC3CC(C1)C(=O)C(C3)C2)OC1C2CC3C(=O)OC1C3C2. The number of carbonyl (C=O) groups is 4. The normalized spacial score (nSPS) is 49.4. The van der Waals surface area contributed by atoms with Crippen molar-refractivity contribution in [3.05, 3.63) is 0 Å². The molecule has 0 aromatic carbocycles. The third kappa shape index (κ3) is 2.22. The number of fused-ring (bicyclic) bond motifs is 1. The Hall–Kier alpha value is -1.92. The fraction of sp³-hybridized carbons (Fsp3) is 0.810. The van der Waals surface area contributed by atoms with Gasteiger partial charge in [-0.2, -0.15) is 0 Å². The second kappa shape index (κ2) is 5.57. The second-order valence-corrected chi connectivity index (χ2v) is 9.96. The predicted octanol–water partition coefficient (Wildman–Crippen LogP) is 1.42. The maximum atomic E-state index is 12.8. The standard InChI is InChI=1S/C21H24O7/c22-15(27-17-10-3-13-14(4-10)19(24)28-18(13)17)8-26-20(25)21-5-9-1-11(6-21)16(23)12(2-9)7-21/h9-14,17-18H,1-8H2. The molecule has 28 heavy (non-hydrogen) atoms. The van der Waals surface area contributed by atoms with Gasteiger partial charge in [-0.25, -0.2) is 4.79 Å². The Morgan fingerprint density at radius 2 is 1.79 bits per heavy atom. The van der Waals surface area contributed by atoms with Crippen molar-refractivity contribution in [2.24, 2.45) is 40.9 Å². The lowest BCUT2D eigenvalue weighted by Crippen LogP contribution is -2.55. The Bertz CT molecular complexity index is 770. The molecule has 0 aromatic heterocycles. The molecule has 7 heteroatoms. The van der Waals surface area contributed by atoms with Gasteiger partial charge in [0.15, 0.2) is 6.61 Å². The van der Waals surface area contributed by atoms with Gasteiger partial charge in [0.25, 0.3) is 0 Å². The van der Waals surface area contributed by atoms with Gasteiger partial charge < -0.3 is 14.2 Å². The van der Waals surface area contributed by atoms with Crippen molar-refractivity contribution in [3.63, 3.8) is 0 Å². The maximum absolute atomic E-state index is 12.8. The molecule has 7 fully saturated rings. The van der Waals surface area contributed by atoms with E-state index in [0.717, 1.165) is 32.1 Å². The van der Waals surface area contributed by atoms with Gasteiger partial charge in [-0.05, 0) is 50.9 Å². The summed E-state index contributed by atoms with van der Waals surface area (Å²) in [5.74, 6) is -0.0613. The van der Waals surface area contributed by atoms with Crippen molar-refractivity contribution in [2.45, 2.75) is 57.2 Å². The zero-order valence-corrected chi connectivity index (χ0v) is 15.6. The third-order valence-corrected chi connectivity index (χ3v) is 8.43. The van der Waals surface area contributed by atoms with Gasteiger partial charge in [0.2, 0.25) is 0 Å². The molecule has 6 bridgehead atoms. The van der Waals surface area contributed by atoms with Crippen LogP contribution >= 0.6 is 0 Å². The van der Waals surface area contributed by atoms with Crippen molar-refractivity contribution < 1.29 is 33.4 Å². The molecule has 6 aliphatic carbocycles. The Balaban J connectivity index is 1.07. The Morgan fingerprint density at radius 3 is 2.54 bits per heavy atom. The predicted molar refractivity (Wildman–Crippen MR) is 91.4 cm³/mol. The average Bonchev–Trinajstić information content (AvgIpc) is 3.28. The zero-order chi connectivity index (χ0) is 19.2. The lowest BCUT2D eigenvalue weighted by Gasteiger charge is -2.53. The minimum absolute atomic E-state index is 0.00946. The summed E-state index contributed by atoms with van der Waals surface area (Å²) in [5, 5.41) is 0. The molecule has 150 valence electrons.